The van der Waals surface area contributed by atoms with Crippen LogP contribution in [0.2, 0.25) is 0 Å². The highest BCUT2D eigenvalue weighted by atomic mass is 32.2. The number of ketones is 1. The summed E-state index contributed by atoms with van der Waals surface area (Å²) in [5.74, 6) is 1.05. The van der Waals surface area contributed by atoms with Crippen molar-refractivity contribution in [3.8, 4) is 0 Å². The zero-order chi connectivity index (χ0) is 14.7. The van der Waals surface area contributed by atoms with Gasteiger partial charge in [0.15, 0.2) is 5.78 Å². The molecule has 0 saturated heterocycles. The van der Waals surface area contributed by atoms with Gasteiger partial charge in [0.05, 0.1) is 5.25 Å². The van der Waals surface area contributed by atoms with Crippen LogP contribution in [0, 0.1) is 0 Å². The number of rotatable bonds is 5. The largest absolute Gasteiger partial charge is 0.360 e. The molecule has 106 valence electrons. The highest BCUT2D eigenvalue weighted by Gasteiger charge is 2.18. The van der Waals surface area contributed by atoms with Crippen LogP contribution in [0.5, 0.6) is 0 Å². The van der Waals surface area contributed by atoms with E-state index in [-0.39, 0.29) is 11.0 Å². The van der Waals surface area contributed by atoms with E-state index < -0.39 is 0 Å². The number of carbonyl (C=O) groups is 1. The van der Waals surface area contributed by atoms with E-state index in [2.05, 4.69) is 17.1 Å². The van der Waals surface area contributed by atoms with Gasteiger partial charge < -0.3 is 4.98 Å². The van der Waals surface area contributed by atoms with Gasteiger partial charge in [-0.05, 0) is 18.6 Å². The number of fused-ring (bicyclic) bond motifs is 1. The number of nitrogens with one attached hydrogen (secondary N) is 1. The standard InChI is InChI=1S/C18H17NOS/c1-13(21-12-14-7-3-2-4-8-14)18(20)16-11-19-17-10-6-5-9-15(16)17/h2-11,13,19H,12H2,1H3/t13-/m1/s1. The normalized spacial score (nSPS) is 12.4. The van der Waals surface area contributed by atoms with Crippen LogP contribution in [0.4, 0.5) is 0 Å². The van der Waals surface area contributed by atoms with Crippen LogP contribution in [0.25, 0.3) is 10.9 Å². The molecular weight excluding hydrogens is 278 g/mol. The Labute approximate surface area is 128 Å². The minimum absolute atomic E-state index is 0.0515. The van der Waals surface area contributed by atoms with Crippen molar-refractivity contribution in [1.29, 1.82) is 0 Å². The number of aromatic nitrogens is 1. The molecule has 0 aliphatic heterocycles. The van der Waals surface area contributed by atoms with E-state index in [9.17, 15) is 4.79 Å². The monoisotopic (exact) mass is 295 g/mol. The Morgan fingerprint density at radius 3 is 2.62 bits per heavy atom. The number of hydrogen-bond donors (Lipinski definition) is 1. The fourth-order valence-electron chi connectivity index (χ4n) is 2.37. The van der Waals surface area contributed by atoms with Gasteiger partial charge in [0.25, 0.3) is 0 Å². The third-order valence-corrected chi connectivity index (χ3v) is 4.78. The average molecular weight is 295 g/mol. The minimum Gasteiger partial charge on any atom is -0.360 e. The van der Waals surface area contributed by atoms with Crippen molar-refractivity contribution in [2.45, 2.75) is 17.9 Å². The molecule has 0 saturated carbocycles. The summed E-state index contributed by atoms with van der Waals surface area (Å²) in [6.07, 6.45) is 1.83. The average Bonchev–Trinajstić information content (AvgIpc) is 2.97. The molecule has 21 heavy (non-hydrogen) atoms. The van der Waals surface area contributed by atoms with Gasteiger partial charge in [-0.2, -0.15) is 0 Å². The molecule has 0 unspecified atom stereocenters. The first-order valence-electron chi connectivity index (χ1n) is 7.01. The summed E-state index contributed by atoms with van der Waals surface area (Å²) < 4.78 is 0. The SMILES string of the molecule is C[C@@H](SCc1ccccc1)C(=O)c1c[nH]c2ccccc12. The quantitative estimate of drug-likeness (QED) is 0.694. The second-order valence-corrected chi connectivity index (χ2v) is 6.38. The Hall–Kier alpha value is -2.00. The summed E-state index contributed by atoms with van der Waals surface area (Å²) in [6, 6.07) is 18.2. The van der Waals surface area contributed by atoms with Crippen molar-refractivity contribution in [2.24, 2.45) is 0 Å². The molecule has 0 amide bonds. The highest BCUT2D eigenvalue weighted by molar-refractivity contribution is 7.99. The van der Waals surface area contributed by atoms with Crippen molar-refractivity contribution < 1.29 is 4.79 Å². The summed E-state index contributed by atoms with van der Waals surface area (Å²) in [6.45, 7) is 1.98. The molecule has 3 heteroatoms. The molecule has 3 aromatic rings. The van der Waals surface area contributed by atoms with Crippen molar-refractivity contribution in [3.63, 3.8) is 0 Å². The van der Waals surface area contributed by atoms with Gasteiger partial charge in [-0.25, -0.2) is 0 Å². The molecule has 0 spiro atoms. The summed E-state index contributed by atoms with van der Waals surface area (Å²) >= 11 is 1.68. The van der Waals surface area contributed by atoms with Crippen LogP contribution >= 0.6 is 11.8 Å². The molecule has 3 rings (SSSR count). The van der Waals surface area contributed by atoms with Crippen LogP contribution in [-0.2, 0) is 5.75 Å². The lowest BCUT2D eigenvalue weighted by molar-refractivity contribution is 0.0995. The van der Waals surface area contributed by atoms with E-state index in [4.69, 9.17) is 0 Å². The van der Waals surface area contributed by atoms with Gasteiger partial charge in [0, 0.05) is 28.4 Å². The Morgan fingerprint density at radius 2 is 1.81 bits per heavy atom. The maximum Gasteiger partial charge on any atom is 0.177 e. The number of hydrogen-bond acceptors (Lipinski definition) is 2. The number of carbonyl (C=O) groups excluding carboxylic acids is 1. The molecule has 2 aromatic carbocycles. The predicted octanol–water partition coefficient (Wildman–Crippen LogP) is 4.67. The van der Waals surface area contributed by atoms with E-state index in [1.165, 1.54) is 5.56 Å². The maximum absolute atomic E-state index is 12.6. The number of para-hydroxylation sites is 1. The Morgan fingerprint density at radius 1 is 1.10 bits per heavy atom. The first-order chi connectivity index (χ1) is 10.3. The zero-order valence-electron chi connectivity index (χ0n) is 11.9. The summed E-state index contributed by atoms with van der Waals surface area (Å²) in [4.78, 5) is 15.8. The first-order valence-corrected chi connectivity index (χ1v) is 8.06. The lowest BCUT2D eigenvalue weighted by Gasteiger charge is -2.09. The first kappa shape index (κ1) is 14.0. The van der Waals surface area contributed by atoms with Gasteiger partial charge in [-0.15, -0.1) is 11.8 Å². The van der Waals surface area contributed by atoms with Crippen molar-refractivity contribution in [3.05, 3.63) is 71.9 Å². The lowest BCUT2D eigenvalue weighted by Crippen LogP contribution is -2.13. The third kappa shape index (κ3) is 3.03. The number of aromatic amines is 1. The Kier molecular flexibility index (Phi) is 4.11. The van der Waals surface area contributed by atoms with Gasteiger partial charge in [-0.1, -0.05) is 48.5 Å². The minimum atomic E-state index is -0.0515. The summed E-state index contributed by atoms with van der Waals surface area (Å²) in [5, 5.41) is 0.957. The fraction of sp³-hybridized carbons (Fsp3) is 0.167. The molecular formula is C18H17NOS. The smallest absolute Gasteiger partial charge is 0.177 e. The Balaban J connectivity index is 1.72. The number of benzene rings is 2. The fourth-order valence-corrected chi connectivity index (χ4v) is 3.28. The van der Waals surface area contributed by atoms with Crippen molar-refractivity contribution in [1.82, 2.24) is 4.98 Å². The van der Waals surface area contributed by atoms with Crippen LogP contribution in [0.15, 0.2) is 60.8 Å². The van der Waals surface area contributed by atoms with E-state index in [1.54, 1.807) is 11.8 Å². The van der Waals surface area contributed by atoms with Crippen LogP contribution in [0.1, 0.15) is 22.8 Å². The zero-order valence-corrected chi connectivity index (χ0v) is 12.7. The van der Waals surface area contributed by atoms with E-state index in [0.717, 1.165) is 22.2 Å². The summed E-state index contributed by atoms with van der Waals surface area (Å²) in [7, 11) is 0. The van der Waals surface area contributed by atoms with E-state index in [0.29, 0.717) is 0 Å². The van der Waals surface area contributed by atoms with Crippen LogP contribution < -0.4 is 0 Å². The highest BCUT2D eigenvalue weighted by Crippen LogP contribution is 2.25. The molecule has 0 radical (unpaired) electrons. The molecule has 0 bridgehead atoms. The second kappa shape index (κ2) is 6.19. The topological polar surface area (TPSA) is 32.9 Å². The lowest BCUT2D eigenvalue weighted by atomic mass is 10.1. The molecule has 1 aromatic heterocycles. The van der Waals surface area contributed by atoms with Gasteiger partial charge >= 0.3 is 0 Å². The molecule has 0 aliphatic carbocycles. The van der Waals surface area contributed by atoms with Crippen molar-refractivity contribution in [2.75, 3.05) is 0 Å². The van der Waals surface area contributed by atoms with Gasteiger partial charge in [0.1, 0.15) is 0 Å². The maximum atomic E-state index is 12.6. The molecule has 1 heterocycles. The molecule has 1 atom stereocenters. The van der Waals surface area contributed by atoms with Gasteiger partial charge in [0.2, 0.25) is 0 Å². The predicted molar refractivity (Wildman–Crippen MR) is 89.8 cm³/mol. The van der Waals surface area contributed by atoms with Gasteiger partial charge in [-0.3, -0.25) is 4.79 Å². The van der Waals surface area contributed by atoms with E-state index >= 15 is 0 Å². The van der Waals surface area contributed by atoms with Crippen LogP contribution in [0.3, 0.4) is 0 Å². The molecule has 0 aliphatic rings. The molecule has 0 fully saturated rings. The number of Topliss-reactive ketones (excluding diaryl/α,β-unsaturated/α-hetero) is 1. The summed E-state index contributed by atoms with van der Waals surface area (Å²) in [5.41, 5.74) is 3.06. The number of H-pyrrole nitrogens is 1. The third-order valence-electron chi connectivity index (χ3n) is 3.57. The molecule has 2 nitrogen and oxygen atoms in total. The second-order valence-electron chi connectivity index (χ2n) is 5.05. The van der Waals surface area contributed by atoms with Crippen LogP contribution in [-0.4, -0.2) is 16.0 Å². The van der Waals surface area contributed by atoms with E-state index in [1.807, 2.05) is 55.6 Å². The van der Waals surface area contributed by atoms with Crippen molar-refractivity contribution >= 4 is 28.4 Å². The number of thioether (sulfide) groups is 1. The molecule has 1 N–H and O–H groups in total. The Bertz CT molecular complexity index is 748.